The van der Waals surface area contributed by atoms with Crippen LogP contribution in [0.3, 0.4) is 0 Å². The van der Waals surface area contributed by atoms with E-state index in [1.165, 1.54) is 11.8 Å². The number of ketones is 1. The van der Waals surface area contributed by atoms with E-state index in [1.807, 2.05) is 42.5 Å². The number of halogens is 2. The van der Waals surface area contributed by atoms with Gasteiger partial charge in [0.25, 0.3) is 0 Å². The zero-order valence-corrected chi connectivity index (χ0v) is 20.1. The van der Waals surface area contributed by atoms with Crippen LogP contribution in [0.2, 0.25) is 5.02 Å². The quantitative estimate of drug-likeness (QED) is 0.505. The minimum Gasteiger partial charge on any atom is -0.352 e. The molecule has 1 atom stereocenters. The second kappa shape index (κ2) is 9.95. The molecule has 1 aliphatic heterocycles. The molecule has 8 heteroatoms. The van der Waals surface area contributed by atoms with Crippen LogP contribution in [0.1, 0.15) is 30.7 Å². The molecule has 1 heterocycles. The highest BCUT2D eigenvalue weighted by atomic mass is 79.9. The zero-order chi connectivity index (χ0) is 22.7. The van der Waals surface area contributed by atoms with Gasteiger partial charge in [0, 0.05) is 32.9 Å². The molecule has 0 saturated carbocycles. The van der Waals surface area contributed by atoms with Gasteiger partial charge >= 0.3 is 0 Å². The number of nitrogens with one attached hydrogen (secondary N) is 2. The molecule has 2 aromatic carbocycles. The molecule has 0 spiro atoms. The van der Waals surface area contributed by atoms with Crippen molar-refractivity contribution in [2.45, 2.75) is 25.2 Å². The van der Waals surface area contributed by atoms with Crippen LogP contribution in [-0.4, -0.2) is 17.4 Å². The molecule has 0 unspecified atom stereocenters. The van der Waals surface area contributed by atoms with E-state index in [4.69, 9.17) is 11.6 Å². The number of nitrogens with zero attached hydrogens (tertiary/aromatic N) is 1. The number of nitriles is 1. The molecule has 5 nitrogen and oxygen atoms in total. The maximum Gasteiger partial charge on any atom is 0.234 e. The van der Waals surface area contributed by atoms with E-state index in [0.717, 1.165) is 28.6 Å². The van der Waals surface area contributed by atoms with E-state index in [1.54, 1.807) is 6.07 Å². The first-order chi connectivity index (χ1) is 15.5. The van der Waals surface area contributed by atoms with Gasteiger partial charge in [0.2, 0.25) is 5.91 Å². The van der Waals surface area contributed by atoms with Gasteiger partial charge < -0.3 is 10.6 Å². The molecule has 0 fully saturated rings. The SMILES string of the molecule is N#CC1=C(SCC(=O)Nc2ccc(Br)cc2)NC2=C(C(=O)CCC2)[C@H]1c1ccccc1Cl. The molecular weight excluding hydrogens is 510 g/mol. The van der Waals surface area contributed by atoms with Crippen LogP contribution in [0.5, 0.6) is 0 Å². The Kier molecular flexibility index (Phi) is 7.04. The number of carbonyl (C=O) groups excluding carboxylic acids is 2. The Bertz CT molecular complexity index is 1180. The fourth-order valence-electron chi connectivity index (χ4n) is 3.93. The van der Waals surface area contributed by atoms with E-state index in [9.17, 15) is 14.9 Å². The monoisotopic (exact) mass is 527 g/mol. The van der Waals surface area contributed by atoms with Crippen LogP contribution in [0.15, 0.2) is 74.9 Å². The van der Waals surface area contributed by atoms with Crippen LogP contribution in [0, 0.1) is 11.3 Å². The third kappa shape index (κ3) is 4.78. The maximum atomic E-state index is 12.8. The number of amides is 1. The molecule has 0 aromatic heterocycles. The van der Waals surface area contributed by atoms with Crippen molar-refractivity contribution in [3.8, 4) is 6.07 Å². The highest BCUT2D eigenvalue weighted by Gasteiger charge is 2.37. The van der Waals surface area contributed by atoms with Crippen molar-refractivity contribution >= 4 is 56.7 Å². The number of Topliss-reactive ketones (excluding diaryl/α,β-unsaturated/α-hetero) is 1. The fourth-order valence-corrected chi connectivity index (χ4v) is 5.30. The lowest BCUT2D eigenvalue weighted by molar-refractivity contribution is -0.116. The van der Waals surface area contributed by atoms with Crippen LogP contribution in [0.4, 0.5) is 5.69 Å². The largest absolute Gasteiger partial charge is 0.352 e. The molecule has 2 aromatic rings. The summed E-state index contributed by atoms with van der Waals surface area (Å²) in [5.74, 6) is -0.559. The van der Waals surface area contributed by atoms with Gasteiger partial charge in [-0.25, -0.2) is 0 Å². The van der Waals surface area contributed by atoms with Crippen molar-refractivity contribution in [3.63, 3.8) is 0 Å². The molecule has 2 N–H and O–H groups in total. The van der Waals surface area contributed by atoms with E-state index in [-0.39, 0.29) is 17.4 Å². The van der Waals surface area contributed by atoms with Gasteiger partial charge in [0.1, 0.15) is 0 Å². The summed E-state index contributed by atoms with van der Waals surface area (Å²) in [4.78, 5) is 25.3. The number of carbonyl (C=O) groups is 2. The van der Waals surface area contributed by atoms with Crippen molar-refractivity contribution in [1.82, 2.24) is 5.32 Å². The Balaban J connectivity index is 1.62. The lowest BCUT2D eigenvalue weighted by Crippen LogP contribution is -2.31. The van der Waals surface area contributed by atoms with Crippen molar-refractivity contribution in [3.05, 3.63) is 85.5 Å². The van der Waals surface area contributed by atoms with Crippen molar-refractivity contribution in [1.29, 1.82) is 5.26 Å². The molecule has 0 saturated heterocycles. The number of anilines is 1. The van der Waals surface area contributed by atoms with E-state index in [2.05, 4.69) is 32.6 Å². The van der Waals surface area contributed by atoms with Crippen LogP contribution >= 0.6 is 39.3 Å². The van der Waals surface area contributed by atoms with Gasteiger partial charge in [0.05, 0.1) is 28.3 Å². The van der Waals surface area contributed by atoms with Gasteiger partial charge in [-0.3, -0.25) is 9.59 Å². The van der Waals surface area contributed by atoms with Crippen molar-refractivity contribution < 1.29 is 9.59 Å². The molecule has 0 radical (unpaired) electrons. The van der Waals surface area contributed by atoms with E-state index >= 15 is 0 Å². The molecular formula is C24H19BrClN3O2S. The number of hydrogen-bond acceptors (Lipinski definition) is 5. The third-order valence-electron chi connectivity index (χ3n) is 5.35. The highest BCUT2D eigenvalue weighted by Crippen LogP contribution is 2.45. The summed E-state index contributed by atoms with van der Waals surface area (Å²) in [6, 6.07) is 16.9. The number of thioether (sulfide) groups is 1. The first-order valence-electron chi connectivity index (χ1n) is 10.1. The molecule has 2 aliphatic rings. The predicted molar refractivity (Wildman–Crippen MR) is 131 cm³/mol. The number of allylic oxidation sites excluding steroid dienone is 3. The van der Waals surface area contributed by atoms with Crippen molar-refractivity contribution in [2.75, 3.05) is 11.1 Å². The lowest BCUT2D eigenvalue weighted by atomic mass is 9.77. The van der Waals surface area contributed by atoms with Crippen LogP contribution < -0.4 is 10.6 Å². The van der Waals surface area contributed by atoms with Gasteiger partial charge in [-0.15, -0.1) is 0 Å². The summed E-state index contributed by atoms with van der Waals surface area (Å²) in [7, 11) is 0. The second-order valence-electron chi connectivity index (χ2n) is 7.45. The Morgan fingerprint density at radius 3 is 2.69 bits per heavy atom. The van der Waals surface area contributed by atoms with Gasteiger partial charge in [-0.1, -0.05) is 57.5 Å². The molecule has 0 bridgehead atoms. The summed E-state index contributed by atoms with van der Waals surface area (Å²) in [6.07, 6.45) is 1.93. The molecule has 162 valence electrons. The van der Waals surface area contributed by atoms with Crippen LogP contribution in [-0.2, 0) is 9.59 Å². The Hall–Kier alpha value is -2.53. The van der Waals surface area contributed by atoms with Gasteiger partial charge in [-0.2, -0.15) is 5.26 Å². The number of rotatable bonds is 5. The Labute approximate surface area is 204 Å². The lowest BCUT2D eigenvalue weighted by Gasteiger charge is -2.33. The number of dihydropyridines is 1. The predicted octanol–water partition coefficient (Wildman–Crippen LogP) is 5.90. The number of hydrogen-bond donors (Lipinski definition) is 2. The number of benzene rings is 2. The summed E-state index contributed by atoms with van der Waals surface area (Å²) in [6.45, 7) is 0. The molecule has 1 aliphatic carbocycles. The normalized spacial score (nSPS) is 18.0. The maximum absolute atomic E-state index is 12.8. The molecule has 4 rings (SSSR count). The second-order valence-corrected chi connectivity index (χ2v) is 9.76. The zero-order valence-electron chi connectivity index (χ0n) is 17.0. The standard InChI is InChI=1S/C24H19BrClN3O2S/c25-14-8-10-15(11-9-14)28-21(31)13-32-24-17(12-27)22(16-4-1-2-5-18(16)26)23-19(29-24)6-3-7-20(23)30/h1-2,4-5,8-11,22,29H,3,6-7,13H2,(H,28,31)/t22-/m0/s1. The summed E-state index contributed by atoms with van der Waals surface area (Å²) < 4.78 is 0.928. The fraction of sp³-hybridized carbons (Fsp3) is 0.208. The summed E-state index contributed by atoms with van der Waals surface area (Å²) in [5, 5.41) is 17.3. The Morgan fingerprint density at radius 2 is 1.97 bits per heavy atom. The van der Waals surface area contributed by atoms with E-state index < -0.39 is 5.92 Å². The molecule has 32 heavy (non-hydrogen) atoms. The third-order valence-corrected chi connectivity index (χ3v) is 7.24. The average Bonchev–Trinajstić information content (AvgIpc) is 2.79. The van der Waals surface area contributed by atoms with E-state index in [0.29, 0.717) is 33.3 Å². The van der Waals surface area contributed by atoms with Crippen LogP contribution in [0.25, 0.3) is 0 Å². The van der Waals surface area contributed by atoms with Gasteiger partial charge in [0.15, 0.2) is 5.78 Å². The Morgan fingerprint density at radius 1 is 1.22 bits per heavy atom. The highest BCUT2D eigenvalue weighted by molar-refractivity contribution is 9.10. The average molecular weight is 529 g/mol. The minimum atomic E-state index is -0.533. The first kappa shape index (κ1) is 22.7. The first-order valence-corrected chi connectivity index (χ1v) is 12.2. The topological polar surface area (TPSA) is 82.0 Å². The summed E-state index contributed by atoms with van der Waals surface area (Å²) in [5.41, 5.74) is 3.27. The smallest absolute Gasteiger partial charge is 0.234 e. The molecule has 1 amide bonds. The van der Waals surface area contributed by atoms with Crippen molar-refractivity contribution in [2.24, 2.45) is 0 Å². The minimum absolute atomic E-state index is 0.0356. The summed E-state index contributed by atoms with van der Waals surface area (Å²) >= 11 is 11.1. The van der Waals surface area contributed by atoms with Gasteiger partial charge in [-0.05, 0) is 48.7 Å².